The van der Waals surface area contributed by atoms with Crippen molar-refractivity contribution in [2.45, 2.75) is 142 Å². The number of piperazine rings is 1. The maximum atomic E-state index is 13.3. The highest BCUT2D eigenvalue weighted by molar-refractivity contribution is 5.70. The molecule has 0 radical (unpaired) electrons. The van der Waals surface area contributed by atoms with Crippen molar-refractivity contribution < 1.29 is 44.2 Å². The number of hydrogen-bond acceptors (Lipinski definition) is 10. The van der Waals surface area contributed by atoms with Crippen LogP contribution in [0.15, 0.2) is 36.1 Å². The van der Waals surface area contributed by atoms with Crippen molar-refractivity contribution in [1.29, 1.82) is 0 Å². The van der Waals surface area contributed by atoms with Gasteiger partial charge in [0.05, 0.1) is 18.6 Å². The van der Waals surface area contributed by atoms with E-state index in [9.17, 15) is 30.0 Å². The summed E-state index contributed by atoms with van der Waals surface area (Å²) in [5.74, 6) is -0.449. The molecule has 2 saturated heterocycles. The van der Waals surface area contributed by atoms with Gasteiger partial charge in [-0.05, 0) is 78.4 Å². The molecule has 3 rings (SSSR count). The Morgan fingerprint density at radius 3 is 2.40 bits per heavy atom. The molecule has 0 saturated carbocycles. The predicted octanol–water partition coefficient (Wildman–Crippen LogP) is 4.33. The standard InChI is InChI=1S/C37H62N2O9/c1-10-28(41)26(4)33-29(46-33)23-36(8,44)16-11-12-24(2)32-25(3)13-14-30(37(9,45)17-15-27(40)22-31(42)48-32)47-34(43)38-18-20-39(21-19-38)35(5,6)7/h11,13-14,16,23-28,30,32-33,40-41,44-45H,10,12,15,17-22H2,1-9H3/b14-13+,16-11+,29-23?. The van der Waals surface area contributed by atoms with Crippen molar-refractivity contribution in [1.82, 2.24) is 9.80 Å². The Kier molecular flexibility index (Phi) is 13.8. The van der Waals surface area contributed by atoms with Gasteiger partial charge in [-0.2, -0.15) is 0 Å². The third kappa shape index (κ3) is 11.6. The van der Waals surface area contributed by atoms with Gasteiger partial charge in [0.1, 0.15) is 23.1 Å². The topological polar surface area (TPSA) is 153 Å². The molecule has 10 unspecified atom stereocenters. The SMILES string of the molecule is CCC(O)C(C)C1OC1=CC(C)(O)/C=C/CC(C)C1OC(=O)CC(O)CCC(C)(O)C(OC(=O)N2CCN(C(C)(C)C)CC2)/C=C/C1C. The third-order valence-corrected chi connectivity index (χ3v) is 10.0. The Bertz CT molecular complexity index is 1170. The zero-order valence-corrected chi connectivity index (χ0v) is 30.6. The molecule has 48 heavy (non-hydrogen) atoms. The van der Waals surface area contributed by atoms with Crippen LogP contribution in [0.4, 0.5) is 4.79 Å². The van der Waals surface area contributed by atoms with E-state index in [4.69, 9.17) is 14.2 Å². The van der Waals surface area contributed by atoms with Crippen LogP contribution in [-0.4, -0.2) is 116 Å². The van der Waals surface area contributed by atoms with Gasteiger partial charge in [-0.3, -0.25) is 9.69 Å². The molecule has 10 atom stereocenters. The summed E-state index contributed by atoms with van der Waals surface area (Å²) in [6.07, 6.45) is 5.98. The van der Waals surface area contributed by atoms with E-state index in [0.29, 0.717) is 31.7 Å². The molecule has 11 nitrogen and oxygen atoms in total. The predicted molar refractivity (Wildman–Crippen MR) is 184 cm³/mol. The molecule has 0 aliphatic carbocycles. The average Bonchev–Trinajstić information content (AvgIpc) is 3.76. The second-order valence-electron chi connectivity index (χ2n) is 15.7. The molecule has 1 amide bonds. The molecule has 0 spiro atoms. The third-order valence-electron chi connectivity index (χ3n) is 10.0. The number of amides is 1. The molecule has 0 bridgehead atoms. The van der Waals surface area contributed by atoms with Gasteiger partial charge in [-0.1, -0.05) is 45.9 Å². The monoisotopic (exact) mass is 678 g/mol. The smallest absolute Gasteiger partial charge is 0.410 e. The first-order chi connectivity index (χ1) is 22.2. The van der Waals surface area contributed by atoms with Gasteiger partial charge < -0.3 is 39.5 Å². The quantitative estimate of drug-likeness (QED) is 0.158. The van der Waals surface area contributed by atoms with Crippen LogP contribution in [-0.2, 0) is 19.0 Å². The van der Waals surface area contributed by atoms with Crippen molar-refractivity contribution in [3.8, 4) is 0 Å². The second-order valence-corrected chi connectivity index (χ2v) is 15.7. The highest BCUT2D eigenvalue weighted by Gasteiger charge is 2.42. The minimum atomic E-state index is -1.48. The number of hydrogen-bond donors (Lipinski definition) is 4. The number of epoxide rings is 1. The number of carbonyl (C=O) groups is 2. The lowest BCUT2D eigenvalue weighted by Gasteiger charge is -2.42. The number of aliphatic hydroxyl groups is 4. The van der Waals surface area contributed by atoms with Gasteiger partial charge in [-0.25, -0.2) is 4.79 Å². The number of carbonyl (C=O) groups excluding carboxylic acids is 2. The van der Waals surface area contributed by atoms with Gasteiger partial charge in [0.2, 0.25) is 0 Å². The number of esters is 1. The summed E-state index contributed by atoms with van der Waals surface area (Å²) >= 11 is 0. The van der Waals surface area contributed by atoms with Crippen LogP contribution in [0.1, 0.15) is 94.4 Å². The van der Waals surface area contributed by atoms with Crippen molar-refractivity contribution in [2.24, 2.45) is 17.8 Å². The number of cyclic esters (lactones) is 1. The van der Waals surface area contributed by atoms with E-state index < -0.39 is 47.7 Å². The zero-order valence-electron chi connectivity index (χ0n) is 30.6. The molecule has 0 aromatic rings. The minimum absolute atomic E-state index is 0.00229. The van der Waals surface area contributed by atoms with Crippen LogP contribution in [0.2, 0.25) is 0 Å². The lowest BCUT2D eigenvalue weighted by molar-refractivity contribution is -0.156. The van der Waals surface area contributed by atoms with Crippen LogP contribution >= 0.6 is 0 Å². The Balaban J connectivity index is 1.72. The Morgan fingerprint density at radius 1 is 1.15 bits per heavy atom. The van der Waals surface area contributed by atoms with Crippen molar-refractivity contribution in [3.05, 3.63) is 36.1 Å². The van der Waals surface area contributed by atoms with Gasteiger partial charge in [0.25, 0.3) is 0 Å². The number of aliphatic hydroxyl groups excluding tert-OH is 2. The van der Waals surface area contributed by atoms with E-state index in [2.05, 4.69) is 25.7 Å². The Hall–Kier alpha value is -2.44. The van der Waals surface area contributed by atoms with Crippen LogP contribution in [0, 0.1) is 17.8 Å². The maximum Gasteiger partial charge on any atom is 0.410 e. The van der Waals surface area contributed by atoms with Gasteiger partial charge in [0, 0.05) is 43.6 Å². The van der Waals surface area contributed by atoms with E-state index in [1.165, 1.54) is 0 Å². The Labute approximate surface area is 287 Å². The summed E-state index contributed by atoms with van der Waals surface area (Å²) < 4.78 is 17.5. The molecule has 3 heterocycles. The molecule has 2 fully saturated rings. The fourth-order valence-electron chi connectivity index (χ4n) is 6.50. The lowest BCUT2D eigenvalue weighted by Crippen LogP contribution is -2.55. The highest BCUT2D eigenvalue weighted by atomic mass is 16.6. The summed E-state index contributed by atoms with van der Waals surface area (Å²) in [7, 11) is 0. The largest absolute Gasteiger partial charge is 0.483 e. The van der Waals surface area contributed by atoms with Crippen LogP contribution < -0.4 is 0 Å². The van der Waals surface area contributed by atoms with Crippen molar-refractivity contribution in [3.63, 3.8) is 0 Å². The molecular weight excluding hydrogens is 616 g/mol. The minimum Gasteiger partial charge on any atom is -0.483 e. The van der Waals surface area contributed by atoms with Gasteiger partial charge in [-0.15, -0.1) is 0 Å². The van der Waals surface area contributed by atoms with Crippen LogP contribution in [0.3, 0.4) is 0 Å². The average molecular weight is 679 g/mol. The molecule has 4 N–H and O–H groups in total. The van der Waals surface area contributed by atoms with Crippen LogP contribution in [0.25, 0.3) is 0 Å². The fraction of sp³-hybridized carbons (Fsp3) is 0.784. The normalized spacial score (nSPS) is 34.2. The van der Waals surface area contributed by atoms with E-state index in [1.807, 2.05) is 39.8 Å². The van der Waals surface area contributed by atoms with Gasteiger partial charge >= 0.3 is 12.1 Å². The molecule has 0 aromatic heterocycles. The number of allylic oxidation sites excluding steroid dienone is 1. The molecule has 3 aliphatic rings. The number of nitrogens with zero attached hydrogens (tertiary/aromatic N) is 2. The van der Waals surface area contributed by atoms with Crippen molar-refractivity contribution in [2.75, 3.05) is 26.2 Å². The molecular formula is C37H62N2O9. The summed E-state index contributed by atoms with van der Waals surface area (Å²) in [5.41, 5.74) is -2.76. The molecule has 274 valence electrons. The maximum absolute atomic E-state index is 13.3. The number of ether oxygens (including phenoxy) is 3. The fourth-order valence-corrected chi connectivity index (χ4v) is 6.50. The molecule has 0 aromatic carbocycles. The van der Waals surface area contributed by atoms with Crippen molar-refractivity contribution >= 4 is 12.1 Å². The summed E-state index contributed by atoms with van der Waals surface area (Å²) in [4.78, 5) is 30.1. The summed E-state index contributed by atoms with van der Waals surface area (Å²) in [6.45, 7) is 19.8. The van der Waals surface area contributed by atoms with Crippen LogP contribution in [0.5, 0.6) is 0 Å². The van der Waals surface area contributed by atoms with E-state index in [1.54, 1.807) is 37.0 Å². The first-order valence-corrected chi connectivity index (χ1v) is 17.7. The number of rotatable bonds is 9. The first kappa shape index (κ1) is 40.0. The highest BCUT2D eigenvalue weighted by Crippen LogP contribution is 2.38. The van der Waals surface area contributed by atoms with E-state index >= 15 is 0 Å². The lowest BCUT2D eigenvalue weighted by atomic mass is 9.86. The van der Waals surface area contributed by atoms with Gasteiger partial charge in [0.15, 0.2) is 12.2 Å². The second kappa shape index (κ2) is 16.5. The summed E-state index contributed by atoms with van der Waals surface area (Å²) in [6, 6.07) is 0. The molecule has 11 heteroatoms. The molecule has 3 aliphatic heterocycles. The zero-order chi connectivity index (χ0) is 36.0. The Morgan fingerprint density at radius 2 is 1.79 bits per heavy atom. The first-order valence-electron chi connectivity index (χ1n) is 17.7. The van der Waals surface area contributed by atoms with E-state index in [-0.39, 0.29) is 48.7 Å². The van der Waals surface area contributed by atoms with E-state index in [0.717, 1.165) is 13.1 Å². The summed E-state index contributed by atoms with van der Waals surface area (Å²) in [5, 5.41) is 43.2.